The van der Waals surface area contributed by atoms with Crippen molar-refractivity contribution >= 4 is 38.2 Å². The van der Waals surface area contributed by atoms with Crippen LogP contribution in [0.4, 0.5) is 0 Å². The van der Waals surface area contributed by atoms with Crippen LogP contribution in [0.1, 0.15) is 34.1 Å². The van der Waals surface area contributed by atoms with Crippen LogP contribution in [-0.2, 0) is 0 Å². The highest BCUT2D eigenvalue weighted by atomic mass is 79.9. The average molecular weight is 463 g/mol. The summed E-state index contributed by atoms with van der Waals surface area (Å²) < 4.78 is 1.12. The van der Waals surface area contributed by atoms with Crippen molar-refractivity contribution in [1.29, 1.82) is 0 Å². The van der Waals surface area contributed by atoms with Gasteiger partial charge in [0.15, 0.2) is 6.23 Å². The van der Waals surface area contributed by atoms with E-state index in [0.29, 0.717) is 12.1 Å². The lowest BCUT2D eigenvalue weighted by Crippen LogP contribution is -2.43. The van der Waals surface area contributed by atoms with Crippen molar-refractivity contribution in [1.82, 2.24) is 9.80 Å². The second-order valence-electron chi connectivity index (χ2n) is 7.88. The molecule has 2 aliphatic heterocycles. The van der Waals surface area contributed by atoms with Crippen molar-refractivity contribution in [2.24, 2.45) is 0 Å². The minimum Gasteiger partial charge on any atom is -0.369 e. The van der Waals surface area contributed by atoms with Crippen molar-refractivity contribution in [3.05, 3.63) is 87.9 Å². The number of rotatable bonds is 4. The Morgan fingerprint density at radius 1 is 0.967 bits per heavy atom. The number of benzene rings is 3. The molecule has 0 radical (unpaired) electrons. The van der Waals surface area contributed by atoms with Crippen LogP contribution < -0.4 is 0 Å². The highest BCUT2D eigenvalue weighted by molar-refractivity contribution is 9.10. The van der Waals surface area contributed by atoms with Crippen LogP contribution in [0.3, 0.4) is 0 Å². The minimum atomic E-state index is -0.896. The maximum atomic E-state index is 13.1. The van der Waals surface area contributed by atoms with E-state index in [9.17, 15) is 9.90 Å². The lowest BCUT2D eigenvalue weighted by molar-refractivity contribution is 0.00153. The number of nitrogens with zero attached hydrogens (tertiary/aromatic N) is 2. The predicted octanol–water partition coefficient (Wildman–Crippen LogP) is 4.84. The van der Waals surface area contributed by atoms with Crippen LogP contribution >= 0.6 is 15.9 Å². The quantitative estimate of drug-likeness (QED) is 0.603. The monoisotopic (exact) mass is 462 g/mol. The summed E-state index contributed by atoms with van der Waals surface area (Å²) in [5, 5.41) is 12.8. The summed E-state index contributed by atoms with van der Waals surface area (Å²) in [6, 6.07) is 19.9. The number of aliphatic hydroxyl groups is 1. The Morgan fingerprint density at radius 2 is 1.73 bits per heavy atom. The zero-order valence-corrected chi connectivity index (χ0v) is 18.2. The van der Waals surface area contributed by atoms with E-state index in [1.807, 2.05) is 42.5 Å². The summed E-state index contributed by atoms with van der Waals surface area (Å²) in [5.74, 6) is -0.0896. The number of carbonyl (C=O) groups is 1. The van der Waals surface area contributed by atoms with Crippen molar-refractivity contribution in [3.8, 4) is 0 Å². The number of hydrogen-bond donors (Lipinski definition) is 1. The zero-order valence-electron chi connectivity index (χ0n) is 16.6. The SMILES string of the molecule is O=C1c2cccc3cccc(c23)C(O)N1CCN1CC=C(c2ccccc2Br)CC1. The molecule has 2 aliphatic rings. The molecule has 4 nitrogen and oxygen atoms in total. The fourth-order valence-electron chi connectivity index (χ4n) is 4.55. The molecule has 0 saturated carbocycles. The molecule has 152 valence electrons. The number of halogens is 1. The van der Waals surface area contributed by atoms with Gasteiger partial charge in [-0.15, -0.1) is 0 Å². The van der Waals surface area contributed by atoms with Crippen molar-refractivity contribution in [2.75, 3.05) is 26.2 Å². The molecule has 0 spiro atoms. The molecule has 0 bridgehead atoms. The molecular formula is C25H23BrN2O2. The van der Waals surface area contributed by atoms with Gasteiger partial charge in [0.25, 0.3) is 5.91 Å². The first-order chi connectivity index (χ1) is 14.6. The molecule has 3 aromatic carbocycles. The van der Waals surface area contributed by atoms with Crippen LogP contribution in [0.2, 0.25) is 0 Å². The summed E-state index contributed by atoms with van der Waals surface area (Å²) >= 11 is 3.64. The second kappa shape index (κ2) is 7.99. The van der Waals surface area contributed by atoms with E-state index < -0.39 is 6.23 Å². The van der Waals surface area contributed by atoms with Gasteiger partial charge in [-0.25, -0.2) is 0 Å². The summed E-state index contributed by atoms with van der Waals surface area (Å²) in [4.78, 5) is 17.0. The molecule has 1 atom stereocenters. The molecule has 2 heterocycles. The van der Waals surface area contributed by atoms with Gasteiger partial charge in [-0.2, -0.15) is 0 Å². The zero-order chi connectivity index (χ0) is 20.7. The summed E-state index contributed by atoms with van der Waals surface area (Å²) in [6.45, 7) is 3.03. The average Bonchev–Trinajstić information content (AvgIpc) is 2.78. The molecule has 5 rings (SSSR count). The van der Waals surface area contributed by atoms with Crippen molar-refractivity contribution in [3.63, 3.8) is 0 Å². The molecule has 3 aromatic rings. The maximum Gasteiger partial charge on any atom is 0.256 e. The predicted molar refractivity (Wildman–Crippen MR) is 123 cm³/mol. The number of carbonyl (C=O) groups excluding carboxylic acids is 1. The summed E-state index contributed by atoms with van der Waals surface area (Å²) in [5.41, 5.74) is 4.11. The Balaban J connectivity index is 1.30. The van der Waals surface area contributed by atoms with Gasteiger partial charge in [-0.1, -0.05) is 70.5 Å². The van der Waals surface area contributed by atoms with E-state index in [1.165, 1.54) is 11.1 Å². The first-order valence-electron chi connectivity index (χ1n) is 10.3. The third-order valence-corrected chi connectivity index (χ3v) is 6.86. The molecule has 0 aromatic heterocycles. The highest BCUT2D eigenvalue weighted by Gasteiger charge is 2.32. The Bertz CT molecular complexity index is 1150. The largest absolute Gasteiger partial charge is 0.369 e. The van der Waals surface area contributed by atoms with Gasteiger partial charge < -0.3 is 10.0 Å². The van der Waals surface area contributed by atoms with Gasteiger partial charge >= 0.3 is 0 Å². The van der Waals surface area contributed by atoms with Crippen LogP contribution in [0.25, 0.3) is 16.3 Å². The number of aliphatic hydroxyl groups excluding tert-OH is 1. The fourth-order valence-corrected chi connectivity index (χ4v) is 5.09. The molecular weight excluding hydrogens is 440 g/mol. The van der Waals surface area contributed by atoms with E-state index in [4.69, 9.17) is 0 Å². The van der Waals surface area contributed by atoms with Gasteiger partial charge in [0, 0.05) is 47.2 Å². The lowest BCUT2D eigenvalue weighted by Gasteiger charge is -2.36. The maximum absolute atomic E-state index is 13.1. The van der Waals surface area contributed by atoms with Crippen molar-refractivity contribution < 1.29 is 9.90 Å². The number of hydrogen-bond acceptors (Lipinski definition) is 3. The molecule has 1 amide bonds. The molecule has 30 heavy (non-hydrogen) atoms. The smallest absolute Gasteiger partial charge is 0.256 e. The minimum absolute atomic E-state index is 0.0896. The molecule has 0 fully saturated rings. The van der Waals surface area contributed by atoms with Crippen LogP contribution in [-0.4, -0.2) is 47.0 Å². The summed E-state index contributed by atoms with van der Waals surface area (Å²) in [6.07, 6.45) is 2.35. The Labute approximate surface area is 184 Å². The van der Waals surface area contributed by atoms with Crippen molar-refractivity contribution in [2.45, 2.75) is 12.6 Å². The van der Waals surface area contributed by atoms with E-state index in [2.05, 4.69) is 45.1 Å². The van der Waals surface area contributed by atoms with E-state index in [1.54, 1.807) is 4.90 Å². The van der Waals surface area contributed by atoms with Crippen LogP contribution in [0, 0.1) is 0 Å². The molecule has 5 heteroatoms. The fraction of sp³-hybridized carbons (Fsp3) is 0.240. The Kier molecular flexibility index (Phi) is 5.19. The van der Waals surface area contributed by atoms with Gasteiger partial charge in [0.05, 0.1) is 0 Å². The normalized spacial score (nSPS) is 19.3. The first-order valence-corrected chi connectivity index (χ1v) is 11.1. The molecule has 0 aliphatic carbocycles. The third-order valence-electron chi connectivity index (χ3n) is 6.17. The second-order valence-corrected chi connectivity index (χ2v) is 8.74. The number of amides is 1. The summed E-state index contributed by atoms with van der Waals surface area (Å²) in [7, 11) is 0. The van der Waals surface area contributed by atoms with Gasteiger partial charge in [-0.05, 0) is 35.1 Å². The Morgan fingerprint density at radius 3 is 2.50 bits per heavy atom. The van der Waals surface area contributed by atoms with E-state index >= 15 is 0 Å². The van der Waals surface area contributed by atoms with Crippen LogP contribution in [0.15, 0.2) is 71.2 Å². The molecule has 1 N–H and O–H groups in total. The van der Waals surface area contributed by atoms with Gasteiger partial charge in [0.2, 0.25) is 0 Å². The Hall–Kier alpha value is -2.47. The van der Waals surface area contributed by atoms with E-state index in [0.717, 1.165) is 46.9 Å². The van der Waals surface area contributed by atoms with Gasteiger partial charge in [0.1, 0.15) is 0 Å². The standard InChI is InChI=1S/C25H23BrN2O2/c26-22-10-2-1-7-19(22)17-11-13-27(14-12-17)15-16-28-24(29)20-8-3-5-18-6-4-9-21(23(18)20)25(28)30/h1-11,24,29H,12-16H2. The van der Waals surface area contributed by atoms with E-state index in [-0.39, 0.29) is 5.91 Å². The first kappa shape index (κ1) is 19.5. The lowest BCUT2D eigenvalue weighted by atomic mass is 9.93. The molecule has 1 unspecified atom stereocenters. The third kappa shape index (κ3) is 3.37. The topological polar surface area (TPSA) is 43.8 Å². The molecule has 0 saturated heterocycles. The van der Waals surface area contributed by atoms with Crippen LogP contribution in [0.5, 0.6) is 0 Å². The van der Waals surface area contributed by atoms with Gasteiger partial charge in [-0.3, -0.25) is 9.69 Å². The highest BCUT2D eigenvalue weighted by Crippen LogP contribution is 2.35.